The van der Waals surface area contributed by atoms with Crippen LogP contribution < -0.4 is 9.57 Å². The quantitative estimate of drug-likeness (QED) is 0.238. The molecule has 0 saturated carbocycles. The molecule has 0 atom stereocenters. The van der Waals surface area contributed by atoms with Gasteiger partial charge in [0.25, 0.3) is 0 Å². The molecule has 0 saturated heterocycles. The molecule has 0 unspecified atom stereocenters. The molecule has 3 aromatic rings. The van der Waals surface area contributed by atoms with Crippen LogP contribution in [0.2, 0.25) is 0 Å². The minimum atomic E-state index is -0.0809. The van der Waals surface area contributed by atoms with Crippen molar-refractivity contribution >= 4 is 28.9 Å². The van der Waals surface area contributed by atoms with Crippen molar-refractivity contribution in [2.75, 3.05) is 7.11 Å². The Bertz CT molecular complexity index is 957. The summed E-state index contributed by atoms with van der Waals surface area (Å²) in [6.45, 7) is 1.90. The third-order valence-electron chi connectivity index (χ3n) is 3.83. The van der Waals surface area contributed by atoms with Crippen molar-refractivity contribution in [2.45, 2.75) is 6.92 Å². The van der Waals surface area contributed by atoms with Gasteiger partial charge in [-0.1, -0.05) is 29.4 Å². The summed E-state index contributed by atoms with van der Waals surface area (Å²) >= 11 is 1.61. The zero-order valence-corrected chi connectivity index (χ0v) is 15.9. The van der Waals surface area contributed by atoms with Gasteiger partial charge in [-0.2, -0.15) is 0 Å². The van der Waals surface area contributed by atoms with E-state index in [0.717, 1.165) is 21.9 Å². The molecule has 0 radical (unpaired) electrons. The largest absolute Gasteiger partial charge is 0.497 e. The maximum atomic E-state index is 12.3. The Kier molecular flexibility index (Phi) is 6.18. The van der Waals surface area contributed by atoms with Crippen LogP contribution >= 0.6 is 11.3 Å². The number of oxime groups is 1. The average molecular weight is 377 g/mol. The minimum Gasteiger partial charge on any atom is -0.497 e. The third kappa shape index (κ3) is 5.15. The zero-order chi connectivity index (χ0) is 19.1. The normalized spacial score (nSPS) is 11.6. The smallest absolute Gasteiger partial charge is 0.185 e. The van der Waals surface area contributed by atoms with E-state index in [9.17, 15) is 4.79 Å². The molecule has 27 heavy (non-hydrogen) atoms. The SMILES string of the molecule is COc1cccc(/C=C/C(=O)c2ccc(O/N=C(\C)c3cccs3)cc2)c1. The molecule has 136 valence electrons. The fourth-order valence-electron chi connectivity index (χ4n) is 2.34. The summed E-state index contributed by atoms with van der Waals surface area (Å²) in [7, 11) is 1.61. The fraction of sp³-hybridized carbons (Fsp3) is 0.0909. The summed E-state index contributed by atoms with van der Waals surface area (Å²) in [5, 5.41) is 6.11. The average Bonchev–Trinajstić information content (AvgIpc) is 3.26. The van der Waals surface area contributed by atoms with Crippen LogP contribution in [0.3, 0.4) is 0 Å². The summed E-state index contributed by atoms with van der Waals surface area (Å²) in [6, 6.07) is 18.4. The summed E-state index contributed by atoms with van der Waals surface area (Å²) in [4.78, 5) is 18.8. The lowest BCUT2D eigenvalue weighted by atomic mass is 10.1. The number of carbonyl (C=O) groups excluding carboxylic acids is 1. The molecule has 0 aliphatic heterocycles. The van der Waals surface area contributed by atoms with Crippen LogP contribution in [0, 0.1) is 0 Å². The van der Waals surface area contributed by atoms with Crippen molar-refractivity contribution in [3.63, 3.8) is 0 Å². The van der Waals surface area contributed by atoms with Crippen LogP contribution in [-0.2, 0) is 0 Å². The first kappa shape index (κ1) is 18.6. The highest BCUT2D eigenvalue weighted by atomic mass is 32.1. The molecule has 5 heteroatoms. The monoisotopic (exact) mass is 377 g/mol. The van der Waals surface area contributed by atoms with E-state index in [-0.39, 0.29) is 5.78 Å². The van der Waals surface area contributed by atoms with Gasteiger partial charge >= 0.3 is 0 Å². The molecule has 0 spiro atoms. The predicted molar refractivity (Wildman–Crippen MR) is 110 cm³/mol. The van der Waals surface area contributed by atoms with Gasteiger partial charge < -0.3 is 9.57 Å². The van der Waals surface area contributed by atoms with Gasteiger partial charge in [0.05, 0.1) is 17.7 Å². The molecule has 2 aromatic carbocycles. The number of thiophene rings is 1. The van der Waals surface area contributed by atoms with E-state index in [4.69, 9.17) is 9.57 Å². The Hall–Kier alpha value is -3.18. The first-order chi connectivity index (χ1) is 13.2. The van der Waals surface area contributed by atoms with E-state index in [1.54, 1.807) is 54.9 Å². The van der Waals surface area contributed by atoms with Crippen LogP contribution in [0.1, 0.15) is 27.7 Å². The van der Waals surface area contributed by atoms with Gasteiger partial charge in [-0.3, -0.25) is 4.79 Å². The van der Waals surface area contributed by atoms with Crippen LogP contribution in [-0.4, -0.2) is 18.6 Å². The number of hydrogen-bond donors (Lipinski definition) is 0. The molecule has 3 rings (SSSR count). The summed E-state index contributed by atoms with van der Waals surface area (Å²) < 4.78 is 5.18. The van der Waals surface area contributed by atoms with Gasteiger partial charge in [0.15, 0.2) is 11.5 Å². The number of carbonyl (C=O) groups is 1. The second-order valence-corrected chi connectivity index (χ2v) is 6.69. The number of benzene rings is 2. The molecule has 0 aliphatic rings. The Balaban J connectivity index is 1.63. The molecule has 0 amide bonds. The summed E-state index contributed by atoms with van der Waals surface area (Å²) in [5.41, 5.74) is 2.30. The van der Waals surface area contributed by atoms with E-state index in [2.05, 4.69) is 5.16 Å². The van der Waals surface area contributed by atoms with E-state index < -0.39 is 0 Å². The van der Waals surface area contributed by atoms with Crippen molar-refractivity contribution < 1.29 is 14.4 Å². The molecule has 1 aromatic heterocycles. The number of hydrogen-bond acceptors (Lipinski definition) is 5. The second kappa shape index (κ2) is 8.96. The van der Waals surface area contributed by atoms with E-state index in [1.165, 1.54) is 0 Å². The molecule has 0 fully saturated rings. The Morgan fingerprint density at radius 3 is 2.56 bits per heavy atom. The number of ketones is 1. The lowest BCUT2D eigenvalue weighted by molar-refractivity contribution is 0.104. The standard InChI is InChI=1S/C22H19NO3S/c1-16(22-7-4-14-27-22)23-26-19-11-9-18(10-12-19)21(24)13-8-17-5-3-6-20(15-17)25-2/h3-15H,1-2H3/b13-8+,23-16+. The minimum absolute atomic E-state index is 0.0809. The maximum absolute atomic E-state index is 12.3. The van der Waals surface area contributed by atoms with Gasteiger partial charge in [-0.05, 0) is 66.4 Å². The maximum Gasteiger partial charge on any atom is 0.185 e. The first-order valence-corrected chi connectivity index (χ1v) is 9.26. The lowest BCUT2D eigenvalue weighted by Gasteiger charge is -2.02. The van der Waals surface area contributed by atoms with E-state index in [0.29, 0.717) is 11.3 Å². The Morgan fingerprint density at radius 1 is 1.04 bits per heavy atom. The third-order valence-corrected chi connectivity index (χ3v) is 4.80. The Morgan fingerprint density at radius 2 is 1.85 bits per heavy atom. The first-order valence-electron chi connectivity index (χ1n) is 8.38. The molecule has 1 heterocycles. The molecule has 4 nitrogen and oxygen atoms in total. The van der Waals surface area contributed by atoms with Gasteiger partial charge in [0.2, 0.25) is 0 Å². The zero-order valence-electron chi connectivity index (χ0n) is 15.1. The summed E-state index contributed by atoms with van der Waals surface area (Å²) in [5.74, 6) is 1.26. The van der Waals surface area contributed by atoms with E-state index >= 15 is 0 Å². The van der Waals surface area contributed by atoms with Crippen LogP contribution in [0.15, 0.2) is 77.3 Å². The van der Waals surface area contributed by atoms with Gasteiger partial charge in [-0.15, -0.1) is 11.3 Å². The summed E-state index contributed by atoms with van der Waals surface area (Å²) in [6.07, 6.45) is 3.31. The van der Waals surface area contributed by atoms with Crippen molar-refractivity contribution in [3.8, 4) is 11.5 Å². The fourth-order valence-corrected chi connectivity index (χ4v) is 3.01. The lowest BCUT2D eigenvalue weighted by Crippen LogP contribution is -1.96. The predicted octanol–water partition coefficient (Wildman–Crippen LogP) is 5.46. The molecular formula is C22H19NO3S. The number of ether oxygens (including phenoxy) is 1. The van der Waals surface area contributed by atoms with Crippen LogP contribution in [0.5, 0.6) is 11.5 Å². The van der Waals surface area contributed by atoms with Crippen molar-refractivity contribution in [1.29, 1.82) is 0 Å². The number of methoxy groups -OCH3 is 1. The topological polar surface area (TPSA) is 47.9 Å². The van der Waals surface area contributed by atoms with Crippen molar-refractivity contribution in [1.82, 2.24) is 0 Å². The van der Waals surface area contributed by atoms with Gasteiger partial charge in [0.1, 0.15) is 5.75 Å². The van der Waals surface area contributed by atoms with Crippen LogP contribution in [0.4, 0.5) is 0 Å². The van der Waals surface area contributed by atoms with Gasteiger partial charge in [0, 0.05) is 5.56 Å². The number of rotatable bonds is 7. The number of nitrogens with zero attached hydrogens (tertiary/aromatic N) is 1. The highest BCUT2D eigenvalue weighted by Gasteiger charge is 2.04. The molecular weight excluding hydrogens is 358 g/mol. The molecule has 0 aliphatic carbocycles. The highest BCUT2D eigenvalue weighted by molar-refractivity contribution is 7.12. The molecule has 0 N–H and O–H groups in total. The van der Waals surface area contributed by atoms with E-state index in [1.807, 2.05) is 48.7 Å². The van der Waals surface area contributed by atoms with Crippen molar-refractivity contribution in [3.05, 3.63) is 88.1 Å². The Labute approximate surface area is 162 Å². The molecule has 0 bridgehead atoms. The second-order valence-electron chi connectivity index (χ2n) is 5.74. The van der Waals surface area contributed by atoms with Crippen LogP contribution in [0.25, 0.3) is 6.08 Å². The van der Waals surface area contributed by atoms with Crippen molar-refractivity contribution in [2.24, 2.45) is 5.16 Å². The number of allylic oxidation sites excluding steroid dienone is 1. The highest BCUT2D eigenvalue weighted by Crippen LogP contribution is 2.17. The van der Waals surface area contributed by atoms with Gasteiger partial charge in [-0.25, -0.2) is 0 Å².